The lowest BCUT2D eigenvalue weighted by molar-refractivity contribution is -0.147. The summed E-state index contributed by atoms with van der Waals surface area (Å²) in [6.45, 7) is 3.06. The first-order chi connectivity index (χ1) is 12.9. The molecular weight excluding hydrogens is 346 g/mol. The lowest BCUT2D eigenvalue weighted by atomic mass is 9.76. The highest BCUT2D eigenvalue weighted by Crippen LogP contribution is 2.43. The molecule has 2 aliphatic rings. The van der Waals surface area contributed by atoms with E-state index in [2.05, 4.69) is 4.98 Å². The molecule has 0 unspecified atom stereocenters. The Labute approximate surface area is 156 Å². The Morgan fingerprint density at radius 3 is 2.56 bits per heavy atom. The molecule has 4 rings (SSSR count). The van der Waals surface area contributed by atoms with Gasteiger partial charge in [-0.1, -0.05) is 6.07 Å². The van der Waals surface area contributed by atoms with Gasteiger partial charge in [-0.3, -0.25) is 9.59 Å². The number of rotatable bonds is 2. The van der Waals surface area contributed by atoms with Gasteiger partial charge in [0.05, 0.1) is 0 Å². The summed E-state index contributed by atoms with van der Waals surface area (Å²) >= 11 is 0. The molecule has 3 heterocycles. The molecule has 0 bridgehead atoms. The van der Waals surface area contributed by atoms with Crippen molar-refractivity contribution < 1.29 is 19.5 Å². The average molecular weight is 369 g/mol. The number of likely N-dealkylation sites (tertiary alicyclic amines) is 2. The summed E-state index contributed by atoms with van der Waals surface area (Å²) in [5.41, 5.74) is 1.39. The maximum atomic E-state index is 12.9. The van der Waals surface area contributed by atoms with E-state index in [1.165, 1.54) is 11.8 Å². The zero-order valence-electron chi connectivity index (χ0n) is 15.3. The third kappa shape index (κ3) is 3.07. The summed E-state index contributed by atoms with van der Waals surface area (Å²) < 4.78 is 0. The van der Waals surface area contributed by atoms with Gasteiger partial charge in [-0.15, -0.1) is 0 Å². The van der Waals surface area contributed by atoms with Crippen molar-refractivity contribution in [2.45, 2.75) is 32.2 Å². The molecule has 2 aromatic rings. The first-order valence-corrected chi connectivity index (χ1v) is 9.25. The van der Waals surface area contributed by atoms with E-state index in [9.17, 15) is 19.5 Å². The van der Waals surface area contributed by atoms with Crippen LogP contribution in [0.5, 0.6) is 0 Å². The Hall–Kier alpha value is -2.83. The topological polar surface area (TPSA) is 93.7 Å². The van der Waals surface area contributed by atoms with Gasteiger partial charge in [-0.25, -0.2) is 4.79 Å². The fraction of sp³-hybridized carbons (Fsp3) is 0.450. The lowest BCUT2D eigenvalue weighted by Gasteiger charge is -2.39. The van der Waals surface area contributed by atoms with Crippen molar-refractivity contribution in [2.24, 2.45) is 5.41 Å². The van der Waals surface area contributed by atoms with Gasteiger partial charge in [0.25, 0.3) is 5.91 Å². The first-order valence-electron chi connectivity index (χ1n) is 9.25. The number of hydrogen-bond acceptors (Lipinski definition) is 3. The standard InChI is InChI=1S/C20H23N3O4/c1-13(24)23-12-20(11-17(23)19(26)27)5-8-22(9-6-20)18(25)15-3-2-14-4-7-21-16(14)10-15/h2-4,7,10,17,21H,5-6,8-9,11-12H2,1H3,(H,26,27)/t17-/m0/s1. The molecular formula is C20H23N3O4. The number of carbonyl (C=O) groups excluding carboxylic acids is 2. The SMILES string of the molecule is CC(=O)N1CC2(CCN(C(=O)c3ccc4cc[nH]c4c3)CC2)C[C@H]1C(=O)O. The Balaban J connectivity index is 1.46. The van der Waals surface area contributed by atoms with Crippen LogP contribution in [-0.4, -0.2) is 63.4 Å². The number of nitrogens with zero attached hydrogens (tertiary/aromatic N) is 2. The van der Waals surface area contributed by atoms with Gasteiger partial charge in [-0.2, -0.15) is 0 Å². The van der Waals surface area contributed by atoms with Crippen LogP contribution in [0.3, 0.4) is 0 Å². The third-order valence-corrected chi connectivity index (χ3v) is 6.11. The van der Waals surface area contributed by atoms with Gasteiger partial charge in [0.15, 0.2) is 0 Å². The highest BCUT2D eigenvalue weighted by Gasteiger charge is 2.49. The number of benzene rings is 1. The number of hydrogen-bond donors (Lipinski definition) is 2. The van der Waals surface area contributed by atoms with Crippen molar-refractivity contribution in [3.63, 3.8) is 0 Å². The smallest absolute Gasteiger partial charge is 0.326 e. The minimum absolute atomic E-state index is 0.00226. The summed E-state index contributed by atoms with van der Waals surface area (Å²) in [6, 6.07) is 6.86. The van der Waals surface area contributed by atoms with Crippen LogP contribution in [0, 0.1) is 5.41 Å². The van der Waals surface area contributed by atoms with Crippen LogP contribution in [0.15, 0.2) is 30.5 Å². The second kappa shape index (κ2) is 6.40. The van der Waals surface area contributed by atoms with Gasteiger partial charge in [-0.05, 0) is 48.3 Å². The number of aliphatic carboxylic acids is 1. The van der Waals surface area contributed by atoms with Crippen LogP contribution in [0.25, 0.3) is 10.9 Å². The normalized spacial score (nSPS) is 21.7. The summed E-state index contributed by atoms with van der Waals surface area (Å²) in [5.74, 6) is -1.14. The van der Waals surface area contributed by atoms with E-state index < -0.39 is 12.0 Å². The number of nitrogens with one attached hydrogen (secondary N) is 1. The maximum absolute atomic E-state index is 12.9. The summed E-state index contributed by atoms with van der Waals surface area (Å²) in [5, 5.41) is 10.5. The monoisotopic (exact) mass is 369 g/mol. The molecule has 2 saturated heterocycles. The van der Waals surface area contributed by atoms with Gasteiger partial charge in [0, 0.05) is 43.8 Å². The molecule has 2 aliphatic heterocycles. The summed E-state index contributed by atoms with van der Waals surface area (Å²) in [6.07, 6.45) is 3.76. The molecule has 7 nitrogen and oxygen atoms in total. The summed E-state index contributed by atoms with van der Waals surface area (Å²) in [7, 11) is 0. The third-order valence-electron chi connectivity index (χ3n) is 6.11. The number of carboxylic acids is 1. The Bertz CT molecular complexity index is 887. The molecule has 0 radical (unpaired) electrons. The molecule has 1 atom stereocenters. The first kappa shape index (κ1) is 17.6. The zero-order chi connectivity index (χ0) is 19.2. The van der Waals surface area contributed by atoms with E-state index in [0.29, 0.717) is 31.6 Å². The largest absolute Gasteiger partial charge is 0.480 e. The van der Waals surface area contributed by atoms with E-state index >= 15 is 0 Å². The second-order valence-electron chi connectivity index (χ2n) is 7.78. The minimum Gasteiger partial charge on any atom is -0.480 e. The van der Waals surface area contributed by atoms with E-state index in [0.717, 1.165) is 23.7 Å². The predicted octanol–water partition coefficient (Wildman–Crippen LogP) is 2.10. The summed E-state index contributed by atoms with van der Waals surface area (Å²) in [4.78, 5) is 42.6. The van der Waals surface area contributed by atoms with Crippen molar-refractivity contribution in [1.29, 1.82) is 0 Å². The van der Waals surface area contributed by atoms with Crippen molar-refractivity contribution >= 4 is 28.7 Å². The van der Waals surface area contributed by atoms with Gasteiger partial charge >= 0.3 is 5.97 Å². The number of fused-ring (bicyclic) bond motifs is 1. The van der Waals surface area contributed by atoms with Crippen LogP contribution >= 0.6 is 0 Å². The number of amides is 2. The zero-order valence-corrected chi connectivity index (χ0v) is 15.3. The fourth-order valence-electron chi connectivity index (χ4n) is 4.52. The quantitative estimate of drug-likeness (QED) is 0.848. The van der Waals surface area contributed by atoms with Gasteiger partial charge < -0.3 is 19.9 Å². The molecule has 27 heavy (non-hydrogen) atoms. The molecule has 0 aliphatic carbocycles. The van der Waals surface area contributed by atoms with E-state index in [1.807, 2.05) is 35.4 Å². The Morgan fingerprint density at radius 1 is 1.19 bits per heavy atom. The molecule has 7 heteroatoms. The number of piperidine rings is 1. The molecule has 1 aromatic carbocycles. The average Bonchev–Trinajstić information content (AvgIpc) is 3.26. The number of aromatic nitrogens is 1. The second-order valence-corrected chi connectivity index (χ2v) is 7.78. The molecule has 0 saturated carbocycles. The van der Waals surface area contributed by atoms with Gasteiger partial charge in [0.1, 0.15) is 6.04 Å². The van der Waals surface area contributed by atoms with Crippen LogP contribution in [-0.2, 0) is 9.59 Å². The number of H-pyrrole nitrogens is 1. The Kier molecular flexibility index (Phi) is 4.17. The molecule has 2 amide bonds. The highest BCUT2D eigenvalue weighted by atomic mass is 16.4. The fourth-order valence-corrected chi connectivity index (χ4v) is 4.52. The van der Waals surface area contributed by atoms with Crippen molar-refractivity contribution in [3.8, 4) is 0 Å². The Morgan fingerprint density at radius 2 is 1.93 bits per heavy atom. The molecule has 1 aromatic heterocycles. The lowest BCUT2D eigenvalue weighted by Crippen LogP contribution is -2.44. The van der Waals surface area contributed by atoms with Crippen molar-refractivity contribution in [2.75, 3.05) is 19.6 Å². The van der Waals surface area contributed by atoms with Crippen LogP contribution in [0.1, 0.15) is 36.5 Å². The van der Waals surface area contributed by atoms with Crippen LogP contribution in [0.2, 0.25) is 0 Å². The molecule has 2 N–H and O–H groups in total. The molecule has 2 fully saturated rings. The number of aromatic amines is 1. The number of carboxylic acid groups (broad SMARTS) is 1. The van der Waals surface area contributed by atoms with Crippen molar-refractivity contribution in [3.05, 3.63) is 36.0 Å². The minimum atomic E-state index is -0.945. The molecule has 142 valence electrons. The predicted molar refractivity (Wildman–Crippen MR) is 99.3 cm³/mol. The van der Waals surface area contributed by atoms with Crippen LogP contribution in [0.4, 0.5) is 0 Å². The number of carbonyl (C=O) groups is 3. The van der Waals surface area contributed by atoms with Crippen LogP contribution < -0.4 is 0 Å². The maximum Gasteiger partial charge on any atom is 0.326 e. The highest BCUT2D eigenvalue weighted by molar-refractivity contribution is 5.98. The molecule has 1 spiro atoms. The van der Waals surface area contributed by atoms with E-state index in [4.69, 9.17) is 0 Å². The van der Waals surface area contributed by atoms with E-state index in [-0.39, 0.29) is 17.2 Å². The van der Waals surface area contributed by atoms with E-state index in [1.54, 1.807) is 0 Å². The van der Waals surface area contributed by atoms with Crippen molar-refractivity contribution in [1.82, 2.24) is 14.8 Å². The van der Waals surface area contributed by atoms with Gasteiger partial charge in [0.2, 0.25) is 5.91 Å².